The number of nitrogens with two attached hydrogens (primary N) is 1. The number of nitrogen functional groups attached to an aromatic ring is 1. The van der Waals surface area contributed by atoms with E-state index in [9.17, 15) is 0 Å². The number of fused-ring (bicyclic) bond motifs is 1. The molecule has 2 aromatic carbocycles. The molecular weight excluding hydrogens is 258 g/mol. The fourth-order valence-corrected chi connectivity index (χ4v) is 2.00. The minimum Gasteiger partial charge on any atom is -0.493 e. The molecule has 0 spiro atoms. The summed E-state index contributed by atoms with van der Waals surface area (Å²) in [5.41, 5.74) is 6.47. The average Bonchev–Trinajstić information content (AvgIpc) is 2.48. The molecule has 5 heteroatoms. The van der Waals surface area contributed by atoms with Crippen LogP contribution in [0.2, 0.25) is 0 Å². The van der Waals surface area contributed by atoms with Crippen LogP contribution < -0.4 is 24.7 Å². The molecule has 2 aromatic rings. The van der Waals surface area contributed by atoms with E-state index in [0.29, 0.717) is 47.6 Å². The number of para-hydroxylation sites is 2. The lowest BCUT2D eigenvalue weighted by molar-refractivity contribution is 0.171. The van der Waals surface area contributed by atoms with Gasteiger partial charge in [0.05, 0.1) is 12.8 Å². The average molecular weight is 273 g/mol. The SMILES string of the molecule is COc1ccccc1Oc1cc2c(cc1N)OCCO2. The Kier molecular flexibility index (Phi) is 3.25. The maximum absolute atomic E-state index is 5.98. The van der Waals surface area contributed by atoms with Gasteiger partial charge in [0.2, 0.25) is 0 Å². The molecule has 1 heterocycles. The number of ether oxygens (including phenoxy) is 4. The molecule has 20 heavy (non-hydrogen) atoms. The van der Waals surface area contributed by atoms with E-state index >= 15 is 0 Å². The van der Waals surface area contributed by atoms with Crippen molar-refractivity contribution < 1.29 is 18.9 Å². The van der Waals surface area contributed by atoms with Gasteiger partial charge in [-0.15, -0.1) is 0 Å². The van der Waals surface area contributed by atoms with Crippen molar-refractivity contribution >= 4 is 5.69 Å². The summed E-state index contributed by atoms with van der Waals surface area (Å²) in [5.74, 6) is 3.02. The Morgan fingerprint density at radius 1 is 0.950 bits per heavy atom. The highest BCUT2D eigenvalue weighted by atomic mass is 16.6. The van der Waals surface area contributed by atoms with Crippen molar-refractivity contribution in [3.8, 4) is 28.7 Å². The summed E-state index contributed by atoms with van der Waals surface area (Å²) in [7, 11) is 1.59. The zero-order valence-corrected chi connectivity index (χ0v) is 11.1. The molecule has 0 saturated heterocycles. The van der Waals surface area contributed by atoms with Crippen molar-refractivity contribution in [1.29, 1.82) is 0 Å². The van der Waals surface area contributed by atoms with Gasteiger partial charge in [0, 0.05) is 12.1 Å². The summed E-state index contributed by atoms with van der Waals surface area (Å²) in [6.45, 7) is 1.05. The quantitative estimate of drug-likeness (QED) is 0.871. The van der Waals surface area contributed by atoms with Gasteiger partial charge >= 0.3 is 0 Å². The maximum atomic E-state index is 5.98. The van der Waals surface area contributed by atoms with Crippen LogP contribution in [0.15, 0.2) is 36.4 Å². The van der Waals surface area contributed by atoms with Gasteiger partial charge in [0.15, 0.2) is 28.7 Å². The highest BCUT2D eigenvalue weighted by molar-refractivity contribution is 5.63. The van der Waals surface area contributed by atoms with Crippen LogP contribution in [0.5, 0.6) is 28.7 Å². The molecule has 5 nitrogen and oxygen atoms in total. The molecule has 104 valence electrons. The molecule has 2 N–H and O–H groups in total. The molecule has 1 aliphatic rings. The number of rotatable bonds is 3. The lowest BCUT2D eigenvalue weighted by Crippen LogP contribution is -2.15. The molecule has 1 aliphatic heterocycles. The summed E-state index contributed by atoms with van der Waals surface area (Å²) >= 11 is 0. The van der Waals surface area contributed by atoms with Crippen LogP contribution in [-0.2, 0) is 0 Å². The topological polar surface area (TPSA) is 62.9 Å². The van der Waals surface area contributed by atoms with E-state index in [-0.39, 0.29) is 0 Å². The van der Waals surface area contributed by atoms with E-state index in [4.69, 9.17) is 24.7 Å². The van der Waals surface area contributed by atoms with Crippen LogP contribution in [0.1, 0.15) is 0 Å². The molecule has 0 aliphatic carbocycles. The van der Waals surface area contributed by atoms with Gasteiger partial charge in [-0.2, -0.15) is 0 Å². The first-order valence-corrected chi connectivity index (χ1v) is 6.28. The van der Waals surface area contributed by atoms with Crippen LogP contribution in [0.4, 0.5) is 5.69 Å². The molecule has 0 atom stereocenters. The van der Waals surface area contributed by atoms with Crippen molar-refractivity contribution in [3.05, 3.63) is 36.4 Å². The summed E-state index contributed by atoms with van der Waals surface area (Å²) in [6, 6.07) is 10.8. The first kappa shape index (κ1) is 12.5. The fraction of sp³-hybridized carbons (Fsp3) is 0.200. The van der Waals surface area contributed by atoms with E-state index < -0.39 is 0 Å². The second kappa shape index (κ2) is 5.21. The predicted molar refractivity (Wildman–Crippen MR) is 74.9 cm³/mol. The Labute approximate surface area is 116 Å². The Bertz CT molecular complexity index is 627. The highest BCUT2D eigenvalue weighted by Gasteiger charge is 2.16. The van der Waals surface area contributed by atoms with Crippen molar-refractivity contribution in [3.63, 3.8) is 0 Å². The van der Waals surface area contributed by atoms with E-state index in [1.165, 1.54) is 0 Å². The monoisotopic (exact) mass is 273 g/mol. The molecule has 0 fully saturated rings. The van der Waals surface area contributed by atoms with Crippen LogP contribution in [0.3, 0.4) is 0 Å². The molecule has 0 bridgehead atoms. The number of benzene rings is 2. The molecule has 0 unspecified atom stereocenters. The number of hydrogen-bond acceptors (Lipinski definition) is 5. The van der Waals surface area contributed by atoms with Crippen molar-refractivity contribution in [2.24, 2.45) is 0 Å². The Balaban J connectivity index is 1.94. The van der Waals surface area contributed by atoms with E-state index in [1.807, 2.05) is 24.3 Å². The van der Waals surface area contributed by atoms with Gasteiger partial charge in [0.25, 0.3) is 0 Å². The molecule has 3 rings (SSSR count). The van der Waals surface area contributed by atoms with E-state index in [2.05, 4.69) is 0 Å². The fourth-order valence-electron chi connectivity index (χ4n) is 2.00. The summed E-state index contributed by atoms with van der Waals surface area (Å²) in [4.78, 5) is 0. The third kappa shape index (κ3) is 2.30. The van der Waals surface area contributed by atoms with Gasteiger partial charge in [-0.05, 0) is 12.1 Å². The van der Waals surface area contributed by atoms with Crippen molar-refractivity contribution in [2.75, 3.05) is 26.1 Å². The first-order valence-electron chi connectivity index (χ1n) is 6.28. The zero-order chi connectivity index (χ0) is 13.9. The number of methoxy groups -OCH3 is 1. The van der Waals surface area contributed by atoms with Crippen LogP contribution in [0.25, 0.3) is 0 Å². The number of hydrogen-bond donors (Lipinski definition) is 1. The van der Waals surface area contributed by atoms with Gasteiger partial charge in [-0.1, -0.05) is 12.1 Å². The summed E-state index contributed by atoms with van der Waals surface area (Å²) in [5, 5.41) is 0. The third-order valence-corrected chi connectivity index (χ3v) is 2.96. The van der Waals surface area contributed by atoms with Gasteiger partial charge in [-0.3, -0.25) is 0 Å². The van der Waals surface area contributed by atoms with Crippen molar-refractivity contribution in [1.82, 2.24) is 0 Å². The first-order chi connectivity index (χ1) is 9.78. The van der Waals surface area contributed by atoms with Crippen LogP contribution >= 0.6 is 0 Å². The molecule has 0 aromatic heterocycles. The van der Waals surface area contributed by atoms with Gasteiger partial charge in [0.1, 0.15) is 13.2 Å². The third-order valence-electron chi connectivity index (χ3n) is 2.96. The lowest BCUT2D eigenvalue weighted by atomic mass is 10.2. The predicted octanol–water partition coefficient (Wildman–Crippen LogP) is 2.84. The summed E-state index contributed by atoms with van der Waals surface area (Å²) < 4.78 is 22.1. The van der Waals surface area contributed by atoms with E-state index in [1.54, 1.807) is 19.2 Å². The second-order valence-corrected chi connectivity index (χ2v) is 4.29. The molecule has 0 radical (unpaired) electrons. The molecule has 0 saturated carbocycles. The van der Waals surface area contributed by atoms with Gasteiger partial charge in [-0.25, -0.2) is 0 Å². The van der Waals surface area contributed by atoms with Crippen LogP contribution in [-0.4, -0.2) is 20.3 Å². The second-order valence-electron chi connectivity index (χ2n) is 4.29. The van der Waals surface area contributed by atoms with Gasteiger partial charge < -0.3 is 24.7 Å². The maximum Gasteiger partial charge on any atom is 0.169 e. The van der Waals surface area contributed by atoms with Crippen molar-refractivity contribution in [2.45, 2.75) is 0 Å². The summed E-state index contributed by atoms with van der Waals surface area (Å²) in [6.07, 6.45) is 0. The number of anilines is 1. The lowest BCUT2D eigenvalue weighted by Gasteiger charge is -2.20. The van der Waals surface area contributed by atoms with E-state index in [0.717, 1.165) is 0 Å². The minimum absolute atomic E-state index is 0.486. The standard InChI is InChI=1S/C15H15NO4/c1-17-11-4-2-3-5-12(11)20-13-9-15-14(8-10(13)16)18-6-7-19-15/h2-5,8-9H,6-7,16H2,1H3. The highest BCUT2D eigenvalue weighted by Crippen LogP contribution is 2.41. The van der Waals surface area contributed by atoms with Crippen LogP contribution in [0, 0.1) is 0 Å². The Morgan fingerprint density at radius 3 is 2.30 bits per heavy atom. The molecular formula is C15H15NO4. The Hall–Kier alpha value is -2.56. The Morgan fingerprint density at radius 2 is 1.60 bits per heavy atom. The normalized spacial score (nSPS) is 12.8. The smallest absolute Gasteiger partial charge is 0.169 e. The molecule has 0 amide bonds. The minimum atomic E-state index is 0.486. The zero-order valence-electron chi connectivity index (χ0n) is 11.1. The largest absolute Gasteiger partial charge is 0.493 e.